The van der Waals surface area contributed by atoms with Crippen LogP contribution in [0.4, 0.5) is 5.82 Å². The van der Waals surface area contributed by atoms with E-state index in [0.29, 0.717) is 11.3 Å². The quantitative estimate of drug-likeness (QED) is 0.891. The molecule has 1 heterocycles. The summed E-state index contributed by atoms with van der Waals surface area (Å²) in [5, 5.41) is 7.06. The Kier molecular flexibility index (Phi) is 4.65. The van der Waals surface area contributed by atoms with Gasteiger partial charge in [0.15, 0.2) is 5.82 Å². The fraction of sp³-hybridized carbons (Fsp3) is 0.294. The minimum atomic E-state index is -0.204. The van der Waals surface area contributed by atoms with E-state index in [2.05, 4.69) is 36.1 Å². The van der Waals surface area contributed by atoms with E-state index in [9.17, 15) is 4.79 Å². The summed E-state index contributed by atoms with van der Waals surface area (Å²) in [5.41, 5.74) is 9.38. The van der Waals surface area contributed by atoms with Gasteiger partial charge in [-0.2, -0.15) is 5.10 Å². The molecule has 2 rings (SSSR count). The Morgan fingerprint density at radius 3 is 2.73 bits per heavy atom. The smallest absolute Gasteiger partial charge is 0.257 e. The van der Waals surface area contributed by atoms with Crippen LogP contribution in [0.1, 0.15) is 34.1 Å². The number of nitrogens with one attached hydrogen (secondary N) is 1. The Hall–Kier alpha value is -2.56. The second-order valence-corrected chi connectivity index (χ2v) is 5.48. The number of hydrogen-bond donors (Lipinski definition) is 2. The summed E-state index contributed by atoms with van der Waals surface area (Å²) in [5.74, 6) is 0.0159. The third kappa shape index (κ3) is 3.19. The normalized spacial score (nSPS) is 12.0. The Labute approximate surface area is 130 Å². The zero-order valence-electron chi connectivity index (χ0n) is 13.3. The van der Waals surface area contributed by atoms with E-state index >= 15 is 0 Å². The lowest BCUT2D eigenvalue weighted by Gasteiger charge is -2.15. The molecule has 0 spiro atoms. The van der Waals surface area contributed by atoms with Crippen molar-refractivity contribution < 1.29 is 4.79 Å². The number of anilines is 1. The number of aromatic nitrogens is 2. The summed E-state index contributed by atoms with van der Waals surface area (Å²) in [4.78, 5) is 12.4. The van der Waals surface area contributed by atoms with Gasteiger partial charge in [0.1, 0.15) is 5.56 Å². The number of carbonyl (C=O) groups is 1. The van der Waals surface area contributed by atoms with Crippen molar-refractivity contribution >= 4 is 17.9 Å². The van der Waals surface area contributed by atoms with E-state index in [1.165, 1.54) is 22.0 Å². The molecule has 1 amide bonds. The molecule has 5 nitrogen and oxygen atoms in total. The van der Waals surface area contributed by atoms with Gasteiger partial charge in [-0.1, -0.05) is 30.8 Å². The van der Waals surface area contributed by atoms with Gasteiger partial charge in [-0.15, -0.1) is 0 Å². The van der Waals surface area contributed by atoms with E-state index < -0.39 is 0 Å². The molecule has 0 radical (unpaired) electrons. The maximum Gasteiger partial charge on any atom is 0.257 e. The van der Waals surface area contributed by atoms with E-state index in [4.69, 9.17) is 5.73 Å². The monoisotopic (exact) mass is 298 g/mol. The third-order valence-corrected chi connectivity index (χ3v) is 3.74. The molecule has 1 aromatic carbocycles. The summed E-state index contributed by atoms with van der Waals surface area (Å²) in [6, 6.07) is 8.16. The molecule has 0 bridgehead atoms. The molecule has 0 saturated heterocycles. The Bertz CT molecular complexity index is 703. The molecule has 22 heavy (non-hydrogen) atoms. The number of rotatable bonds is 5. The van der Waals surface area contributed by atoms with Crippen LogP contribution < -0.4 is 11.1 Å². The number of aryl methyl sites for hydroxylation is 1. The van der Waals surface area contributed by atoms with Crippen molar-refractivity contribution in [1.82, 2.24) is 15.1 Å². The van der Waals surface area contributed by atoms with E-state index in [0.717, 1.165) is 6.42 Å². The SMILES string of the molecule is C=Cn1nc(N)c(C(=O)NC(C)Cc2ccccc2C)c1C. The number of carbonyl (C=O) groups excluding carboxylic acids is 1. The van der Waals surface area contributed by atoms with E-state index in [1.807, 2.05) is 19.1 Å². The van der Waals surface area contributed by atoms with Crippen LogP contribution in [0.2, 0.25) is 0 Å². The first-order valence-electron chi connectivity index (χ1n) is 7.26. The molecule has 2 aromatic rings. The topological polar surface area (TPSA) is 72.9 Å². The van der Waals surface area contributed by atoms with Gasteiger partial charge in [-0.25, -0.2) is 4.68 Å². The van der Waals surface area contributed by atoms with Gasteiger partial charge in [0.2, 0.25) is 0 Å². The van der Waals surface area contributed by atoms with Crippen molar-refractivity contribution in [2.75, 3.05) is 5.73 Å². The lowest BCUT2D eigenvalue weighted by atomic mass is 10.0. The molecule has 1 aromatic heterocycles. The highest BCUT2D eigenvalue weighted by Gasteiger charge is 2.20. The van der Waals surface area contributed by atoms with Crippen molar-refractivity contribution in [3.8, 4) is 0 Å². The summed E-state index contributed by atoms with van der Waals surface area (Å²) < 4.78 is 1.51. The van der Waals surface area contributed by atoms with E-state index in [-0.39, 0.29) is 17.8 Å². The summed E-state index contributed by atoms with van der Waals surface area (Å²) in [6.45, 7) is 9.49. The van der Waals surface area contributed by atoms with Crippen LogP contribution in [0.3, 0.4) is 0 Å². The first-order valence-corrected chi connectivity index (χ1v) is 7.26. The lowest BCUT2D eigenvalue weighted by Crippen LogP contribution is -2.34. The predicted molar refractivity (Wildman–Crippen MR) is 89.6 cm³/mol. The highest BCUT2D eigenvalue weighted by atomic mass is 16.1. The van der Waals surface area contributed by atoms with Crippen LogP contribution in [-0.4, -0.2) is 21.7 Å². The molecule has 0 aliphatic carbocycles. The van der Waals surface area contributed by atoms with E-state index in [1.54, 1.807) is 6.92 Å². The van der Waals surface area contributed by atoms with Crippen molar-refractivity contribution in [1.29, 1.82) is 0 Å². The van der Waals surface area contributed by atoms with Crippen molar-refractivity contribution in [2.45, 2.75) is 33.2 Å². The minimum absolute atomic E-state index is 0.000480. The van der Waals surface area contributed by atoms with Crippen LogP contribution in [0.15, 0.2) is 30.8 Å². The number of hydrogen-bond acceptors (Lipinski definition) is 3. The molecule has 1 unspecified atom stereocenters. The number of amides is 1. The molecule has 116 valence electrons. The Morgan fingerprint density at radius 2 is 2.14 bits per heavy atom. The second kappa shape index (κ2) is 6.47. The average Bonchev–Trinajstić information content (AvgIpc) is 2.75. The molecular formula is C17H22N4O. The van der Waals surface area contributed by atoms with Crippen LogP contribution >= 0.6 is 0 Å². The molecule has 1 atom stereocenters. The van der Waals surface area contributed by atoms with Gasteiger partial charge in [0.05, 0.1) is 5.69 Å². The number of nitrogen functional groups attached to an aromatic ring is 1. The lowest BCUT2D eigenvalue weighted by molar-refractivity contribution is 0.0940. The maximum atomic E-state index is 12.4. The van der Waals surface area contributed by atoms with Gasteiger partial charge in [-0.05, 0) is 38.3 Å². The number of benzene rings is 1. The van der Waals surface area contributed by atoms with Crippen molar-refractivity contribution in [2.24, 2.45) is 0 Å². The van der Waals surface area contributed by atoms with Gasteiger partial charge >= 0.3 is 0 Å². The Morgan fingerprint density at radius 1 is 1.45 bits per heavy atom. The maximum absolute atomic E-state index is 12.4. The molecule has 0 saturated carbocycles. The van der Waals surface area contributed by atoms with Crippen LogP contribution in [0.25, 0.3) is 6.20 Å². The number of nitrogens with zero attached hydrogens (tertiary/aromatic N) is 2. The van der Waals surface area contributed by atoms with Gasteiger partial charge in [-0.3, -0.25) is 4.79 Å². The minimum Gasteiger partial charge on any atom is -0.382 e. The Balaban J connectivity index is 2.10. The average molecular weight is 298 g/mol. The van der Waals surface area contributed by atoms with Crippen LogP contribution in [-0.2, 0) is 6.42 Å². The zero-order chi connectivity index (χ0) is 16.3. The predicted octanol–water partition coefficient (Wildman–Crippen LogP) is 2.54. The standard InChI is InChI=1S/C17H22N4O/c1-5-21-13(4)15(16(18)20-21)17(22)19-12(3)10-14-9-7-6-8-11(14)2/h5-9,12H,1,10H2,2-4H3,(H2,18,20)(H,19,22). The molecule has 0 fully saturated rings. The highest BCUT2D eigenvalue weighted by molar-refractivity contribution is 5.99. The largest absolute Gasteiger partial charge is 0.382 e. The highest BCUT2D eigenvalue weighted by Crippen LogP contribution is 2.16. The number of nitrogens with two attached hydrogens (primary N) is 1. The first-order chi connectivity index (χ1) is 10.4. The fourth-order valence-corrected chi connectivity index (χ4v) is 2.52. The van der Waals surface area contributed by atoms with Crippen LogP contribution in [0, 0.1) is 13.8 Å². The summed E-state index contributed by atoms with van der Waals surface area (Å²) in [7, 11) is 0. The van der Waals surface area contributed by atoms with Crippen molar-refractivity contribution in [3.05, 3.63) is 53.2 Å². The first kappa shape index (κ1) is 15.8. The molecule has 0 aliphatic heterocycles. The molecule has 0 aliphatic rings. The van der Waals surface area contributed by atoms with Crippen molar-refractivity contribution in [3.63, 3.8) is 0 Å². The second-order valence-electron chi connectivity index (χ2n) is 5.48. The molecule has 3 N–H and O–H groups in total. The van der Waals surface area contributed by atoms with Gasteiger partial charge in [0.25, 0.3) is 5.91 Å². The molecular weight excluding hydrogens is 276 g/mol. The zero-order valence-corrected chi connectivity index (χ0v) is 13.3. The fourth-order valence-electron chi connectivity index (χ4n) is 2.52. The van der Waals surface area contributed by atoms with Gasteiger partial charge < -0.3 is 11.1 Å². The van der Waals surface area contributed by atoms with Crippen LogP contribution in [0.5, 0.6) is 0 Å². The summed E-state index contributed by atoms with van der Waals surface area (Å²) in [6.07, 6.45) is 2.30. The molecule has 5 heteroatoms. The van der Waals surface area contributed by atoms with Gasteiger partial charge in [0, 0.05) is 12.2 Å². The third-order valence-electron chi connectivity index (χ3n) is 3.74. The summed E-state index contributed by atoms with van der Waals surface area (Å²) >= 11 is 0.